The van der Waals surface area contributed by atoms with Crippen LogP contribution in [0.25, 0.3) is 5.70 Å². The van der Waals surface area contributed by atoms with E-state index >= 15 is 0 Å². The molecule has 4 nitrogen and oxygen atoms in total. The molecule has 1 N–H and O–H groups in total. The van der Waals surface area contributed by atoms with Gasteiger partial charge in [-0.25, -0.2) is 0 Å². The molecule has 5 heteroatoms. The predicted octanol–water partition coefficient (Wildman–Crippen LogP) is 3.47. The van der Waals surface area contributed by atoms with Crippen molar-refractivity contribution in [2.24, 2.45) is 0 Å². The maximum atomic E-state index is 12.5. The Morgan fingerprint density at radius 2 is 1.79 bits per heavy atom. The molecule has 1 aliphatic heterocycles. The van der Waals surface area contributed by atoms with Gasteiger partial charge in [0.15, 0.2) is 0 Å². The lowest BCUT2D eigenvalue weighted by Crippen LogP contribution is -2.44. The molecule has 2 aromatic rings. The summed E-state index contributed by atoms with van der Waals surface area (Å²) >= 11 is 5.85. The molecule has 0 saturated carbocycles. The molecule has 2 amide bonds. The topological polar surface area (TPSA) is 49.4 Å². The fraction of sp³-hybridized carbons (Fsp3) is 0.158. The molecule has 3 rings (SSSR count). The Hall–Kier alpha value is -2.59. The summed E-state index contributed by atoms with van der Waals surface area (Å²) in [5.41, 5.74) is 2.86. The van der Waals surface area contributed by atoms with E-state index in [0.29, 0.717) is 22.8 Å². The molecule has 0 spiro atoms. The van der Waals surface area contributed by atoms with Crippen LogP contribution in [-0.2, 0) is 11.3 Å². The molecule has 0 bridgehead atoms. The number of fused-ring (bicyclic) bond motifs is 1. The van der Waals surface area contributed by atoms with Crippen LogP contribution in [0.4, 0.5) is 0 Å². The number of carbonyl (C=O) groups excluding carboxylic acids is 2. The fourth-order valence-corrected chi connectivity index (χ4v) is 2.90. The van der Waals surface area contributed by atoms with Crippen LogP contribution in [0.3, 0.4) is 0 Å². The van der Waals surface area contributed by atoms with Gasteiger partial charge in [-0.15, -0.1) is 0 Å². The summed E-state index contributed by atoms with van der Waals surface area (Å²) in [6.07, 6.45) is 0. The molecule has 1 atom stereocenters. The summed E-state index contributed by atoms with van der Waals surface area (Å²) < 4.78 is 0. The van der Waals surface area contributed by atoms with E-state index in [4.69, 9.17) is 11.6 Å². The van der Waals surface area contributed by atoms with Crippen molar-refractivity contribution in [2.75, 3.05) is 0 Å². The van der Waals surface area contributed by atoms with Gasteiger partial charge in [-0.05, 0) is 30.7 Å². The summed E-state index contributed by atoms with van der Waals surface area (Å²) in [5.74, 6) is -0.419. The maximum absolute atomic E-state index is 12.5. The number of amides is 2. The Morgan fingerprint density at radius 1 is 1.17 bits per heavy atom. The molecular formula is C19H17ClN2O2. The van der Waals surface area contributed by atoms with E-state index in [1.807, 2.05) is 24.3 Å². The van der Waals surface area contributed by atoms with E-state index in [2.05, 4.69) is 11.9 Å². The van der Waals surface area contributed by atoms with Gasteiger partial charge in [0.05, 0.1) is 0 Å². The second-order valence-corrected chi connectivity index (χ2v) is 6.12. The SMILES string of the molecule is C=C1c2ccccc2C(=O)N1[C@H](C)C(=O)NCc1ccc(Cl)cc1. The van der Waals surface area contributed by atoms with Crippen LogP contribution in [0.2, 0.25) is 5.02 Å². The first-order valence-corrected chi connectivity index (χ1v) is 8.01. The number of halogens is 1. The van der Waals surface area contributed by atoms with E-state index in [9.17, 15) is 9.59 Å². The van der Waals surface area contributed by atoms with Crippen molar-refractivity contribution in [3.8, 4) is 0 Å². The highest BCUT2D eigenvalue weighted by Crippen LogP contribution is 2.32. The van der Waals surface area contributed by atoms with E-state index < -0.39 is 6.04 Å². The van der Waals surface area contributed by atoms with Crippen molar-refractivity contribution >= 4 is 29.1 Å². The highest BCUT2D eigenvalue weighted by Gasteiger charge is 2.36. The number of hydrogen-bond donors (Lipinski definition) is 1. The van der Waals surface area contributed by atoms with Crippen LogP contribution in [0.15, 0.2) is 55.1 Å². The molecular weight excluding hydrogens is 324 g/mol. The third-order valence-electron chi connectivity index (χ3n) is 4.12. The van der Waals surface area contributed by atoms with Crippen molar-refractivity contribution in [1.82, 2.24) is 10.2 Å². The van der Waals surface area contributed by atoms with Gasteiger partial charge in [0.25, 0.3) is 5.91 Å². The molecule has 24 heavy (non-hydrogen) atoms. The lowest BCUT2D eigenvalue weighted by Gasteiger charge is -2.24. The van der Waals surface area contributed by atoms with Crippen LogP contribution < -0.4 is 5.32 Å². The Labute approximate surface area is 145 Å². The zero-order chi connectivity index (χ0) is 17.3. The molecule has 2 aromatic carbocycles. The average molecular weight is 341 g/mol. The number of rotatable bonds is 4. The Bertz CT molecular complexity index is 779. The summed E-state index contributed by atoms with van der Waals surface area (Å²) in [6.45, 7) is 6.05. The van der Waals surface area contributed by atoms with Crippen molar-refractivity contribution < 1.29 is 9.59 Å². The van der Waals surface area contributed by atoms with E-state index in [1.165, 1.54) is 4.90 Å². The number of nitrogens with zero attached hydrogens (tertiary/aromatic N) is 1. The second-order valence-electron chi connectivity index (χ2n) is 5.69. The Kier molecular flexibility index (Phi) is 4.40. The first kappa shape index (κ1) is 16.3. The zero-order valence-electron chi connectivity index (χ0n) is 13.3. The fourth-order valence-electron chi connectivity index (χ4n) is 2.77. The minimum absolute atomic E-state index is 0.190. The molecule has 122 valence electrons. The Morgan fingerprint density at radius 3 is 2.42 bits per heavy atom. The number of carbonyl (C=O) groups is 2. The van der Waals surface area contributed by atoms with Crippen LogP contribution >= 0.6 is 11.6 Å². The van der Waals surface area contributed by atoms with E-state index in [1.54, 1.807) is 31.2 Å². The van der Waals surface area contributed by atoms with Crippen LogP contribution in [0.1, 0.15) is 28.4 Å². The van der Waals surface area contributed by atoms with Gasteiger partial charge in [0.1, 0.15) is 6.04 Å². The summed E-state index contributed by atoms with van der Waals surface area (Å²) in [4.78, 5) is 26.4. The highest BCUT2D eigenvalue weighted by atomic mass is 35.5. The molecule has 0 aromatic heterocycles. The molecule has 0 aliphatic carbocycles. The van der Waals surface area contributed by atoms with Gasteiger partial charge in [-0.1, -0.05) is 48.5 Å². The summed E-state index contributed by atoms with van der Waals surface area (Å²) in [7, 11) is 0. The molecule has 0 radical (unpaired) electrons. The minimum Gasteiger partial charge on any atom is -0.350 e. The van der Waals surface area contributed by atoms with Crippen LogP contribution in [0.5, 0.6) is 0 Å². The number of nitrogens with one attached hydrogen (secondary N) is 1. The van der Waals surface area contributed by atoms with Crippen LogP contribution in [-0.4, -0.2) is 22.8 Å². The van der Waals surface area contributed by atoms with E-state index in [-0.39, 0.29) is 11.8 Å². The standard InChI is InChI=1S/C19H17ClN2O2/c1-12-16-5-3-4-6-17(16)19(24)22(12)13(2)18(23)21-11-14-7-9-15(20)10-8-14/h3-10,13H,1,11H2,2H3,(H,21,23)/t13-/m1/s1. The third-order valence-corrected chi connectivity index (χ3v) is 4.38. The van der Waals surface area contributed by atoms with Gasteiger partial charge in [0, 0.05) is 28.4 Å². The minimum atomic E-state index is -0.635. The molecule has 0 saturated heterocycles. The normalized spacial score (nSPS) is 14.5. The monoisotopic (exact) mass is 340 g/mol. The van der Waals surface area contributed by atoms with Gasteiger partial charge < -0.3 is 5.32 Å². The summed E-state index contributed by atoms with van der Waals surface area (Å²) in [5, 5.41) is 3.49. The van der Waals surface area contributed by atoms with Gasteiger partial charge in [0.2, 0.25) is 5.91 Å². The molecule has 0 fully saturated rings. The smallest absolute Gasteiger partial charge is 0.259 e. The third kappa shape index (κ3) is 2.93. The first-order chi connectivity index (χ1) is 11.5. The maximum Gasteiger partial charge on any atom is 0.259 e. The van der Waals surface area contributed by atoms with Gasteiger partial charge >= 0.3 is 0 Å². The zero-order valence-corrected chi connectivity index (χ0v) is 14.0. The van der Waals surface area contributed by atoms with Crippen molar-refractivity contribution in [3.05, 3.63) is 76.8 Å². The van der Waals surface area contributed by atoms with Gasteiger partial charge in [-0.3, -0.25) is 14.5 Å². The van der Waals surface area contributed by atoms with Crippen molar-refractivity contribution in [3.63, 3.8) is 0 Å². The van der Waals surface area contributed by atoms with Crippen molar-refractivity contribution in [1.29, 1.82) is 0 Å². The molecule has 1 heterocycles. The Balaban J connectivity index is 1.69. The highest BCUT2D eigenvalue weighted by molar-refractivity contribution is 6.30. The average Bonchev–Trinajstić information content (AvgIpc) is 2.85. The first-order valence-electron chi connectivity index (χ1n) is 7.63. The quantitative estimate of drug-likeness (QED) is 0.926. The number of hydrogen-bond acceptors (Lipinski definition) is 2. The lowest BCUT2D eigenvalue weighted by molar-refractivity contribution is -0.124. The largest absolute Gasteiger partial charge is 0.350 e. The predicted molar refractivity (Wildman–Crippen MR) is 94.4 cm³/mol. The molecule has 0 unspecified atom stereocenters. The second kappa shape index (κ2) is 6.49. The molecule has 1 aliphatic rings. The van der Waals surface area contributed by atoms with Crippen molar-refractivity contribution in [2.45, 2.75) is 19.5 Å². The van der Waals surface area contributed by atoms with E-state index in [0.717, 1.165) is 11.1 Å². The van der Waals surface area contributed by atoms with Crippen LogP contribution in [0, 0.1) is 0 Å². The summed E-state index contributed by atoms with van der Waals surface area (Å²) in [6, 6.07) is 13.9. The number of benzene rings is 2. The van der Waals surface area contributed by atoms with Gasteiger partial charge in [-0.2, -0.15) is 0 Å². The lowest BCUT2D eigenvalue weighted by atomic mass is 10.1.